The molecule has 5 nitrogen and oxygen atoms in total. The summed E-state index contributed by atoms with van der Waals surface area (Å²) in [6.45, 7) is 0.645. The molecule has 0 spiro atoms. The van der Waals surface area contributed by atoms with Crippen LogP contribution in [0.4, 0.5) is 4.39 Å². The number of rotatable bonds is 3. The minimum absolute atomic E-state index is 0.0799. The molecule has 0 aliphatic carbocycles. The number of benzene rings is 2. The Kier molecular flexibility index (Phi) is 4.62. The van der Waals surface area contributed by atoms with Crippen LogP contribution in [0.5, 0.6) is 5.75 Å². The highest BCUT2D eigenvalue weighted by atomic mass is 19.1. The monoisotopic (exact) mass is 365 g/mol. The number of amides is 1. The van der Waals surface area contributed by atoms with Gasteiger partial charge in [-0.15, -0.1) is 0 Å². The van der Waals surface area contributed by atoms with Crippen LogP contribution >= 0.6 is 0 Å². The highest BCUT2D eigenvalue weighted by Gasteiger charge is 2.29. The van der Waals surface area contributed by atoms with E-state index >= 15 is 0 Å². The molecule has 1 unspecified atom stereocenters. The SMILES string of the molecule is O=C(c1cc(-c2ccccc2O)n[nH]1)N1CCCCC1c1ccc(F)cc1. The van der Waals surface area contributed by atoms with Crippen molar-refractivity contribution in [2.75, 3.05) is 6.54 Å². The minimum Gasteiger partial charge on any atom is -0.507 e. The van der Waals surface area contributed by atoms with Gasteiger partial charge in [0.25, 0.3) is 5.91 Å². The zero-order chi connectivity index (χ0) is 18.8. The Morgan fingerprint density at radius 2 is 1.93 bits per heavy atom. The smallest absolute Gasteiger partial charge is 0.272 e. The van der Waals surface area contributed by atoms with Gasteiger partial charge in [0, 0.05) is 12.1 Å². The molecular formula is C21H20FN3O2. The lowest BCUT2D eigenvalue weighted by Gasteiger charge is -2.35. The topological polar surface area (TPSA) is 69.2 Å². The molecule has 1 saturated heterocycles. The molecule has 1 aliphatic heterocycles. The maximum absolute atomic E-state index is 13.3. The molecule has 138 valence electrons. The predicted octanol–water partition coefficient (Wildman–Crippen LogP) is 4.29. The van der Waals surface area contributed by atoms with E-state index in [4.69, 9.17) is 0 Å². The Hall–Kier alpha value is -3.15. The molecular weight excluding hydrogens is 345 g/mol. The molecule has 1 aromatic heterocycles. The number of hydrogen-bond donors (Lipinski definition) is 2. The zero-order valence-electron chi connectivity index (χ0n) is 14.7. The average Bonchev–Trinajstić information content (AvgIpc) is 3.18. The van der Waals surface area contributed by atoms with Crippen LogP contribution in [0, 0.1) is 5.82 Å². The third-order valence-corrected chi connectivity index (χ3v) is 5.01. The van der Waals surface area contributed by atoms with E-state index in [-0.39, 0.29) is 23.5 Å². The number of aromatic hydroxyl groups is 1. The van der Waals surface area contributed by atoms with Crippen molar-refractivity contribution in [3.05, 3.63) is 71.7 Å². The highest BCUT2D eigenvalue weighted by Crippen LogP contribution is 2.33. The van der Waals surface area contributed by atoms with E-state index in [0.29, 0.717) is 23.5 Å². The first-order valence-corrected chi connectivity index (χ1v) is 9.03. The number of phenolic OH excluding ortho intramolecular Hbond substituents is 1. The summed E-state index contributed by atoms with van der Waals surface area (Å²) in [5, 5.41) is 17.0. The first kappa shape index (κ1) is 17.3. The Balaban J connectivity index is 1.61. The van der Waals surface area contributed by atoms with Gasteiger partial charge in [-0.1, -0.05) is 24.3 Å². The second-order valence-electron chi connectivity index (χ2n) is 6.75. The van der Waals surface area contributed by atoms with Gasteiger partial charge in [-0.2, -0.15) is 5.10 Å². The van der Waals surface area contributed by atoms with Crippen LogP contribution in [0.3, 0.4) is 0 Å². The van der Waals surface area contributed by atoms with Crippen molar-refractivity contribution in [2.24, 2.45) is 0 Å². The average molecular weight is 365 g/mol. The number of H-pyrrole nitrogens is 1. The van der Waals surface area contributed by atoms with Gasteiger partial charge < -0.3 is 10.0 Å². The number of aromatic nitrogens is 2. The van der Waals surface area contributed by atoms with Crippen LogP contribution in [0.2, 0.25) is 0 Å². The minimum atomic E-state index is -0.284. The van der Waals surface area contributed by atoms with Crippen molar-refractivity contribution >= 4 is 5.91 Å². The van der Waals surface area contributed by atoms with Gasteiger partial charge in [0.05, 0.1) is 11.7 Å². The standard InChI is InChI=1S/C21H20FN3O2/c22-15-10-8-14(9-11-15)19-6-3-4-12-25(19)21(27)18-13-17(23-24-18)16-5-1-2-7-20(16)26/h1-2,5,7-11,13,19,26H,3-4,6,12H2,(H,23,24). The third-order valence-electron chi connectivity index (χ3n) is 5.01. The van der Waals surface area contributed by atoms with E-state index in [1.807, 2.05) is 4.90 Å². The van der Waals surface area contributed by atoms with E-state index < -0.39 is 0 Å². The summed E-state index contributed by atoms with van der Waals surface area (Å²) in [6.07, 6.45) is 2.81. The maximum atomic E-state index is 13.3. The van der Waals surface area contributed by atoms with Crippen molar-refractivity contribution in [1.82, 2.24) is 15.1 Å². The summed E-state index contributed by atoms with van der Waals surface area (Å²) >= 11 is 0. The van der Waals surface area contributed by atoms with Crippen LogP contribution in [0.25, 0.3) is 11.3 Å². The molecule has 4 rings (SSSR count). The molecule has 1 aliphatic rings. The Morgan fingerprint density at radius 3 is 2.70 bits per heavy atom. The Labute approximate surface area is 156 Å². The second-order valence-corrected chi connectivity index (χ2v) is 6.75. The number of halogens is 1. The summed E-state index contributed by atoms with van der Waals surface area (Å²) in [7, 11) is 0. The number of piperidine rings is 1. The molecule has 6 heteroatoms. The number of carbonyl (C=O) groups is 1. The molecule has 1 fully saturated rings. The number of phenols is 1. The fourth-order valence-electron chi connectivity index (χ4n) is 3.62. The molecule has 1 atom stereocenters. The van der Waals surface area contributed by atoms with Gasteiger partial charge in [-0.05, 0) is 55.2 Å². The molecule has 2 N–H and O–H groups in total. The van der Waals surface area contributed by atoms with E-state index in [1.165, 1.54) is 12.1 Å². The van der Waals surface area contributed by atoms with Gasteiger partial charge in [0.15, 0.2) is 0 Å². The van der Waals surface area contributed by atoms with Crippen LogP contribution in [-0.4, -0.2) is 32.7 Å². The lowest BCUT2D eigenvalue weighted by atomic mass is 9.95. The fraction of sp³-hybridized carbons (Fsp3) is 0.238. The molecule has 2 heterocycles. The van der Waals surface area contributed by atoms with Crippen molar-refractivity contribution in [2.45, 2.75) is 25.3 Å². The lowest BCUT2D eigenvalue weighted by molar-refractivity contribution is 0.0605. The molecule has 3 aromatic rings. The van der Waals surface area contributed by atoms with Gasteiger partial charge in [-0.25, -0.2) is 4.39 Å². The van der Waals surface area contributed by atoms with Crippen LogP contribution < -0.4 is 0 Å². The second kappa shape index (κ2) is 7.23. The van der Waals surface area contributed by atoms with E-state index in [1.54, 1.807) is 42.5 Å². The number of nitrogens with one attached hydrogen (secondary N) is 1. The summed E-state index contributed by atoms with van der Waals surface area (Å²) in [6, 6.07) is 14.8. The van der Waals surface area contributed by atoms with E-state index in [0.717, 1.165) is 24.8 Å². The number of aromatic amines is 1. The number of likely N-dealkylation sites (tertiary alicyclic amines) is 1. The predicted molar refractivity (Wildman–Crippen MR) is 99.7 cm³/mol. The normalized spacial score (nSPS) is 17.1. The van der Waals surface area contributed by atoms with Crippen LogP contribution in [0.15, 0.2) is 54.6 Å². The molecule has 2 aromatic carbocycles. The Bertz CT molecular complexity index is 952. The molecule has 0 bridgehead atoms. The van der Waals surface area contributed by atoms with Crippen molar-refractivity contribution in [3.63, 3.8) is 0 Å². The van der Waals surface area contributed by atoms with Gasteiger partial charge >= 0.3 is 0 Å². The number of hydrogen-bond acceptors (Lipinski definition) is 3. The van der Waals surface area contributed by atoms with Crippen LogP contribution in [-0.2, 0) is 0 Å². The van der Waals surface area contributed by atoms with Crippen molar-refractivity contribution in [1.29, 1.82) is 0 Å². The third kappa shape index (κ3) is 3.43. The summed E-state index contributed by atoms with van der Waals surface area (Å²) in [5.74, 6) is -0.309. The lowest BCUT2D eigenvalue weighted by Crippen LogP contribution is -2.38. The van der Waals surface area contributed by atoms with Gasteiger partial charge in [0.1, 0.15) is 17.3 Å². The van der Waals surface area contributed by atoms with E-state index in [2.05, 4.69) is 10.2 Å². The van der Waals surface area contributed by atoms with E-state index in [9.17, 15) is 14.3 Å². The molecule has 0 saturated carbocycles. The molecule has 0 radical (unpaired) electrons. The zero-order valence-corrected chi connectivity index (χ0v) is 14.7. The number of para-hydroxylation sites is 1. The number of nitrogens with zero attached hydrogens (tertiary/aromatic N) is 2. The quantitative estimate of drug-likeness (QED) is 0.727. The number of carbonyl (C=O) groups excluding carboxylic acids is 1. The molecule has 1 amide bonds. The fourth-order valence-corrected chi connectivity index (χ4v) is 3.62. The maximum Gasteiger partial charge on any atom is 0.272 e. The largest absolute Gasteiger partial charge is 0.507 e. The van der Waals surface area contributed by atoms with Crippen LogP contribution in [0.1, 0.15) is 41.4 Å². The van der Waals surface area contributed by atoms with Crippen molar-refractivity contribution < 1.29 is 14.3 Å². The summed E-state index contributed by atoms with van der Waals surface area (Å²) in [4.78, 5) is 14.9. The first-order chi connectivity index (χ1) is 13.1. The molecule has 27 heavy (non-hydrogen) atoms. The van der Waals surface area contributed by atoms with Gasteiger partial charge in [-0.3, -0.25) is 9.89 Å². The Morgan fingerprint density at radius 1 is 1.15 bits per heavy atom. The summed E-state index contributed by atoms with van der Waals surface area (Å²) < 4.78 is 13.3. The van der Waals surface area contributed by atoms with Gasteiger partial charge in [0.2, 0.25) is 0 Å². The highest BCUT2D eigenvalue weighted by molar-refractivity contribution is 5.94. The van der Waals surface area contributed by atoms with Crippen molar-refractivity contribution in [3.8, 4) is 17.0 Å². The first-order valence-electron chi connectivity index (χ1n) is 9.03. The summed E-state index contributed by atoms with van der Waals surface area (Å²) in [5.41, 5.74) is 2.40.